The lowest BCUT2D eigenvalue weighted by Gasteiger charge is -2.06. The van der Waals surface area contributed by atoms with Crippen LogP contribution in [-0.2, 0) is 17.8 Å². The first-order valence-electron chi connectivity index (χ1n) is 5.66. The number of hydrogen-bond acceptors (Lipinski definition) is 3. The number of hydrogen-bond donors (Lipinski definition) is 2. The molecule has 0 aliphatic carbocycles. The molecule has 0 saturated heterocycles. The van der Waals surface area contributed by atoms with Gasteiger partial charge in [-0.05, 0) is 35.4 Å². The van der Waals surface area contributed by atoms with Crippen molar-refractivity contribution < 1.29 is 9.90 Å². The molecule has 92 valence electrons. The highest BCUT2D eigenvalue weighted by Gasteiger charge is 2.04. The molecule has 4 heteroatoms. The number of amides is 1. The average molecular weight is 242 g/mol. The topological polar surface area (TPSA) is 62.2 Å². The van der Waals surface area contributed by atoms with Gasteiger partial charge >= 0.3 is 0 Å². The van der Waals surface area contributed by atoms with Crippen molar-refractivity contribution in [1.82, 2.24) is 4.98 Å². The summed E-state index contributed by atoms with van der Waals surface area (Å²) in [5.74, 6) is -0.0868. The van der Waals surface area contributed by atoms with Crippen LogP contribution in [-0.4, -0.2) is 16.0 Å². The zero-order valence-corrected chi connectivity index (χ0v) is 9.84. The van der Waals surface area contributed by atoms with Crippen molar-refractivity contribution in [2.75, 3.05) is 5.32 Å². The Labute approximate surface area is 105 Å². The third-order valence-corrected chi connectivity index (χ3v) is 2.51. The van der Waals surface area contributed by atoms with E-state index in [1.807, 2.05) is 12.1 Å². The smallest absolute Gasteiger partial charge is 0.228 e. The summed E-state index contributed by atoms with van der Waals surface area (Å²) >= 11 is 0. The highest BCUT2D eigenvalue weighted by Crippen LogP contribution is 2.11. The van der Waals surface area contributed by atoms with Gasteiger partial charge < -0.3 is 10.4 Å². The summed E-state index contributed by atoms with van der Waals surface area (Å²) in [7, 11) is 0. The standard InChI is InChI=1S/C14H14N2O2/c17-10-12-2-1-3-13(8-12)16-14(18)9-11-4-6-15-7-5-11/h1-8,17H,9-10H2,(H,16,18). The first kappa shape index (κ1) is 12.3. The van der Waals surface area contributed by atoms with Gasteiger partial charge in [-0.2, -0.15) is 0 Å². The number of carbonyl (C=O) groups excluding carboxylic acids is 1. The molecule has 0 aliphatic rings. The number of aromatic nitrogens is 1. The quantitative estimate of drug-likeness (QED) is 0.858. The van der Waals surface area contributed by atoms with E-state index in [-0.39, 0.29) is 12.5 Å². The molecule has 0 spiro atoms. The van der Waals surface area contributed by atoms with E-state index in [0.717, 1.165) is 11.1 Å². The van der Waals surface area contributed by atoms with Gasteiger partial charge in [-0.15, -0.1) is 0 Å². The van der Waals surface area contributed by atoms with Gasteiger partial charge in [-0.3, -0.25) is 9.78 Å². The maximum atomic E-state index is 11.8. The van der Waals surface area contributed by atoms with Crippen LogP contribution in [0.1, 0.15) is 11.1 Å². The molecule has 0 fully saturated rings. The van der Waals surface area contributed by atoms with E-state index < -0.39 is 0 Å². The predicted octanol–water partition coefficient (Wildman–Crippen LogP) is 1.76. The lowest BCUT2D eigenvalue weighted by atomic mass is 10.1. The van der Waals surface area contributed by atoms with Crippen LogP contribution in [0.4, 0.5) is 5.69 Å². The molecule has 18 heavy (non-hydrogen) atoms. The summed E-state index contributed by atoms with van der Waals surface area (Å²) in [6, 6.07) is 10.8. The molecule has 2 N–H and O–H groups in total. The van der Waals surface area contributed by atoms with Gasteiger partial charge in [0.25, 0.3) is 0 Å². The predicted molar refractivity (Wildman–Crippen MR) is 68.9 cm³/mol. The van der Waals surface area contributed by atoms with Crippen LogP contribution < -0.4 is 5.32 Å². The Balaban J connectivity index is 1.99. The third-order valence-electron chi connectivity index (χ3n) is 2.51. The highest BCUT2D eigenvalue weighted by atomic mass is 16.3. The Hall–Kier alpha value is -2.20. The van der Waals surface area contributed by atoms with Crippen LogP contribution in [0, 0.1) is 0 Å². The molecule has 1 amide bonds. The minimum absolute atomic E-state index is 0.0337. The van der Waals surface area contributed by atoms with E-state index in [2.05, 4.69) is 10.3 Å². The van der Waals surface area contributed by atoms with E-state index >= 15 is 0 Å². The molecule has 4 nitrogen and oxygen atoms in total. The molecule has 0 atom stereocenters. The number of rotatable bonds is 4. The van der Waals surface area contributed by atoms with E-state index in [1.54, 1.807) is 36.7 Å². The number of aliphatic hydroxyl groups is 1. The molecule has 0 radical (unpaired) electrons. The van der Waals surface area contributed by atoms with Gasteiger partial charge in [-0.1, -0.05) is 12.1 Å². The number of nitrogens with one attached hydrogen (secondary N) is 1. The van der Waals surface area contributed by atoms with E-state index in [9.17, 15) is 4.79 Å². The fraction of sp³-hybridized carbons (Fsp3) is 0.143. The molecule has 1 aromatic heterocycles. The maximum absolute atomic E-state index is 11.8. The van der Waals surface area contributed by atoms with Crippen molar-refractivity contribution in [1.29, 1.82) is 0 Å². The molecule has 1 aromatic carbocycles. The number of nitrogens with zero attached hydrogens (tertiary/aromatic N) is 1. The van der Waals surface area contributed by atoms with Crippen LogP contribution in [0.5, 0.6) is 0 Å². The Morgan fingerprint density at radius 3 is 2.67 bits per heavy atom. The number of carbonyl (C=O) groups is 1. The number of pyridine rings is 1. The minimum Gasteiger partial charge on any atom is -0.392 e. The van der Waals surface area contributed by atoms with Crippen molar-refractivity contribution in [3.8, 4) is 0 Å². The van der Waals surface area contributed by atoms with Gasteiger partial charge in [0.1, 0.15) is 0 Å². The SMILES string of the molecule is O=C(Cc1ccncc1)Nc1cccc(CO)c1. The van der Waals surface area contributed by atoms with Gasteiger partial charge in [0.05, 0.1) is 13.0 Å². The Morgan fingerprint density at radius 1 is 1.17 bits per heavy atom. The van der Waals surface area contributed by atoms with Crippen LogP contribution in [0.25, 0.3) is 0 Å². The molecule has 0 saturated carbocycles. The minimum atomic E-state index is -0.0868. The second-order valence-electron chi connectivity index (χ2n) is 3.94. The second-order valence-corrected chi connectivity index (χ2v) is 3.94. The summed E-state index contributed by atoms with van der Waals surface area (Å²) in [6.45, 7) is -0.0337. The van der Waals surface area contributed by atoms with Crippen molar-refractivity contribution in [3.63, 3.8) is 0 Å². The number of anilines is 1. The Bertz CT molecular complexity index is 526. The fourth-order valence-electron chi connectivity index (χ4n) is 1.64. The zero-order chi connectivity index (χ0) is 12.8. The largest absolute Gasteiger partial charge is 0.392 e. The van der Waals surface area contributed by atoms with Gasteiger partial charge in [0.15, 0.2) is 0 Å². The molecule has 0 unspecified atom stereocenters. The number of aliphatic hydroxyl groups excluding tert-OH is 1. The Morgan fingerprint density at radius 2 is 1.94 bits per heavy atom. The normalized spacial score (nSPS) is 10.1. The average Bonchev–Trinajstić information content (AvgIpc) is 2.40. The first-order chi connectivity index (χ1) is 8.78. The van der Waals surface area contributed by atoms with Crippen LogP contribution in [0.15, 0.2) is 48.8 Å². The maximum Gasteiger partial charge on any atom is 0.228 e. The van der Waals surface area contributed by atoms with Crippen LogP contribution >= 0.6 is 0 Å². The molecule has 1 heterocycles. The van der Waals surface area contributed by atoms with Gasteiger partial charge in [0, 0.05) is 18.1 Å². The van der Waals surface area contributed by atoms with Crippen molar-refractivity contribution in [3.05, 3.63) is 59.9 Å². The summed E-state index contributed by atoms with van der Waals surface area (Å²) in [5, 5.41) is 11.8. The number of benzene rings is 1. The lowest BCUT2D eigenvalue weighted by molar-refractivity contribution is -0.115. The van der Waals surface area contributed by atoms with Crippen LogP contribution in [0.3, 0.4) is 0 Å². The monoisotopic (exact) mass is 242 g/mol. The van der Waals surface area contributed by atoms with E-state index in [1.165, 1.54) is 0 Å². The van der Waals surface area contributed by atoms with Crippen molar-refractivity contribution >= 4 is 11.6 Å². The molecule has 0 bridgehead atoms. The summed E-state index contributed by atoms with van der Waals surface area (Å²) in [5.41, 5.74) is 2.39. The summed E-state index contributed by atoms with van der Waals surface area (Å²) < 4.78 is 0. The Kier molecular flexibility index (Phi) is 4.04. The van der Waals surface area contributed by atoms with Crippen molar-refractivity contribution in [2.24, 2.45) is 0 Å². The van der Waals surface area contributed by atoms with E-state index in [0.29, 0.717) is 12.1 Å². The lowest BCUT2D eigenvalue weighted by Crippen LogP contribution is -2.14. The molecular weight excluding hydrogens is 228 g/mol. The second kappa shape index (κ2) is 5.93. The highest BCUT2D eigenvalue weighted by molar-refractivity contribution is 5.92. The molecule has 2 rings (SSSR count). The summed E-state index contributed by atoms with van der Waals surface area (Å²) in [4.78, 5) is 15.7. The first-order valence-corrected chi connectivity index (χ1v) is 5.66. The van der Waals surface area contributed by atoms with Gasteiger partial charge in [0.2, 0.25) is 5.91 Å². The molecule has 0 aliphatic heterocycles. The molecule has 2 aromatic rings. The molecular formula is C14H14N2O2. The summed E-state index contributed by atoms with van der Waals surface area (Å²) in [6.07, 6.45) is 3.63. The van der Waals surface area contributed by atoms with Crippen molar-refractivity contribution in [2.45, 2.75) is 13.0 Å². The fourth-order valence-corrected chi connectivity index (χ4v) is 1.64. The van der Waals surface area contributed by atoms with Crippen LogP contribution in [0.2, 0.25) is 0 Å². The van der Waals surface area contributed by atoms with E-state index in [4.69, 9.17) is 5.11 Å². The zero-order valence-electron chi connectivity index (χ0n) is 9.84. The third kappa shape index (κ3) is 3.40. The van der Waals surface area contributed by atoms with Gasteiger partial charge in [-0.25, -0.2) is 0 Å².